The molecule has 0 N–H and O–H groups in total. The Balaban J connectivity index is 1.69. The Morgan fingerprint density at radius 2 is 1.43 bits per heavy atom. The van der Waals surface area contributed by atoms with Gasteiger partial charge >= 0.3 is 11.9 Å². The van der Waals surface area contributed by atoms with Crippen LogP contribution in [0.25, 0.3) is 0 Å². The molecule has 0 aromatic heterocycles. The summed E-state index contributed by atoms with van der Waals surface area (Å²) in [6.45, 7) is 1.92. The summed E-state index contributed by atoms with van der Waals surface area (Å²) in [4.78, 5) is 56.2. The molecule has 3 aliphatic rings. The van der Waals surface area contributed by atoms with Crippen LogP contribution in [0.15, 0.2) is 66.7 Å². The molecule has 0 bridgehead atoms. The molecule has 6 nitrogen and oxygen atoms in total. The van der Waals surface area contributed by atoms with E-state index in [4.69, 9.17) is 27.9 Å². The minimum Gasteiger partial charge on any atom is -0.393 e. The van der Waals surface area contributed by atoms with Crippen LogP contribution < -0.4 is 4.90 Å². The molecule has 2 saturated heterocycles. The Morgan fingerprint density at radius 1 is 0.800 bits per heavy atom. The van der Waals surface area contributed by atoms with Gasteiger partial charge in [0, 0.05) is 16.8 Å². The highest BCUT2D eigenvalue weighted by molar-refractivity contribution is 6.42. The number of nitrogens with zero attached hydrogens (tertiary/aromatic N) is 1. The van der Waals surface area contributed by atoms with Gasteiger partial charge in [0.05, 0.1) is 22.0 Å². The van der Waals surface area contributed by atoms with Crippen LogP contribution in [-0.2, 0) is 14.3 Å². The summed E-state index contributed by atoms with van der Waals surface area (Å²) in [5, 5.41) is 0.502. The number of carbonyl (C=O) groups excluding carboxylic acids is 4. The summed E-state index contributed by atoms with van der Waals surface area (Å²) in [6.07, 6.45) is 0. The molecule has 0 saturated carbocycles. The van der Waals surface area contributed by atoms with E-state index in [0.717, 1.165) is 5.56 Å². The lowest BCUT2D eigenvalue weighted by Crippen LogP contribution is -2.59. The fourth-order valence-corrected chi connectivity index (χ4v) is 6.09. The van der Waals surface area contributed by atoms with E-state index in [2.05, 4.69) is 0 Å². The first-order valence-corrected chi connectivity index (χ1v) is 11.8. The molecular formula is C27H17Cl2NO5. The number of ketones is 2. The van der Waals surface area contributed by atoms with Crippen molar-refractivity contribution in [3.05, 3.63) is 99.0 Å². The summed E-state index contributed by atoms with van der Waals surface area (Å²) in [5.41, 5.74) is 0.469. The Labute approximate surface area is 210 Å². The van der Waals surface area contributed by atoms with Crippen LogP contribution in [0.2, 0.25) is 10.0 Å². The van der Waals surface area contributed by atoms with Crippen molar-refractivity contribution in [3.63, 3.8) is 0 Å². The van der Waals surface area contributed by atoms with E-state index < -0.39 is 46.9 Å². The maximum absolute atomic E-state index is 14.2. The van der Waals surface area contributed by atoms with Gasteiger partial charge in [-0.15, -0.1) is 0 Å². The summed E-state index contributed by atoms with van der Waals surface area (Å²) in [6, 6.07) is 17.8. The SMILES string of the molecule is Cc1ccc([C@@H]2[C@@H]3C(=O)OC(=O)[C@H]3C3(C(=O)c4ccccc4C3=O)N2c2ccc(Cl)c(Cl)c2)cc1. The highest BCUT2D eigenvalue weighted by atomic mass is 35.5. The number of rotatable bonds is 2. The van der Waals surface area contributed by atoms with Crippen molar-refractivity contribution in [2.75, 3.05) is 4.90 Å². The Bertz CT molecular complexity index is 1430. The van der Waals surface area contributed by atoms with E-state index >= 15 is 0 Å². The molecule has 6 rings (SSSR count). The van der Waals surface area contributed by atoms with Crippen LogP contribution in [-0.4, -0.2) is 29.0 Å². The third kappa shape index (κ3) is 2.78. The van der Waals surface area contributed by atoms with Crippen molar-refractivity contribution >= 4 is 52.4 Å². The van der Waals surface area contributed by atoms with Gasteiger partial charge in [0.1, 0.15) is 5.92 Å². The number of hydrogen-bond donors (Lipinski definition) is 0. The van der Waals surface area contributed by atoms with Crippen LogP contribution in [0.1, 0.15) is 37.9 Å². The predicted molar refractivity (Wildman–Crippen MR) is 129 cm³/mol. The summed E-state index contributed by atoms with van der Waals surface area (Å²) in [7, 11) is 0. The van der Waals surface area contributed by atoms with Crippen molar-refractivity contribution in [3.8, 4) is 0 Å². The molecule has 1 spiro atoms. The van der Waals surface area contributed by atoms with Gasteiger partial charge in [0.25, 0.3) is 0 Å². The molecule has 2 aliphatic heterocycles. The molecule has 2 fully saturated rings. The van der Waals surface area contributed by atoms with E-state index in [9.17, 15) is 19.2 Å². The second kappa shape index (κ2) is 7.51. The van der Waals surface area contributed by atoms with Crippen LogP contribution >= 0.6 is 23.2 Å². The van der Waals surface area contributed by atoms with Gasteiger partial charge in [-0.25, -0.2) is 0 Å². The van der Waals surface area contributed by atoms with E-state index in [-0.39, 0.29) is 16.1 Å². The lowest BCUT2D eigenvalue weighted by molar-refractivity contribution is -0.154. The zero-order valence-corrected chi connectivity index (χ0v) is 19.8. The highest BCUT2D eigenvalue weighted by Gasteiger charge is 2.76. The molecule has 174 valence electrons. The van der Waals surface area contributed by atoms with Gasteiger partial charge in [-0.3, -0.25) is 19.2 Å². The van der Waals surface area contributed by atoms with Crippen LogP contribution in [0, 0.1) is 18.8 Å². The molecule has 3 aromatic carbocycles. The number of cyclic esters (lactones) is 2. The molecule has 3 atom stereocenters. The number of Topliss-reactive ketones (excluding diaryl/α,β-unsaturated/α-hetero) is 2. The lowest BCUT2D eigenvalue weighted by atomic mass is 9.76. The number of esters is 2. The van der Waals surface area contributed by atoms with Crippen molar-refractivity contribution in [1.82, 2.24) is 0 Å². The quantitative estimate of drug-likeness (QED) is 0.360. The number of benzene rings is 3. The lowest BCUT2D eigenvalue weighted by Gasteiger charge is -2.39. The third-order valence-corrected chi connectivity index (χ3v) is 7.98. The van der Waals surface area contributed by atoms with Crippen molar-refractivity contribution < 1.29 is 23.9 Å². The Kier molecular flexibility index (Phi) is 4.72. The number of hydrogen-bond acceptors (Lipinski definition) is 6. The fourth-order valence-electron chi connectivity index (χ4n) is 5.80. The van der Waals surface area contributed by atoms with Gasteiger partial charge < -0.3 is 9.64 Å². The molecule has 3 aromatic rings. The molecule has 0 amide bonds. The van der Waals surface area contributed by atoms with Crippen molar-refractivity contribution in [2.24, 2.45) is 11.8 Å². The summed E-state index contributed by atoms with van der Waals surface area (Å²) < 4.78 is 5.06. The van der Waals surface area contributed by atoms with Gasteiger partial charge in [0.15, 0.2) is 17.1 Å². The summed E-state index contributed by atoms with van der Waals surface area (Å²) in [5.74, 6) is -5.11. The van der Waals surface area contributed by atoms with E-state index in [1.807, 2.05) is 31.2 Å². The first kappa shape index (κ1) is 22.0. The topological polar surface area (TPSA) is 80.8 Å². The number of carbonyl (C=O) groups is 4. The molecular weight excluding hydrogens is 489 g/mol. The van der Waals surface area contributed by atoms with Crippen molar-refractivity contribution in [2.45, 2.75) is 18.5 Å². The molecule has 35 heavy (non-hydrogen) atoms. The van der Waals surface area contributed by atoms with Crippen LogP contribution in [0.5, 0.6) is 0 Å². The molecule has 0 unspecified atom stereocenters. The Hall–Kier alpha value is -3.48. The van der Waals surface area contributed by atoms with E-state index in [0.29, 0.717) is 16.3 Å². The minimum atomic E-state index is -2.00. The fraction of sp³-hybridized carbons (Fsp3) is 0.185. The van der Waals surface area contributed by atoms with E-state index in [1.165, 1.54) is 0 Å². The zero-order chi connectivity index (χ0) is 24.6. The zero-order valence-electron chi connectivity index (χ0n) is 18.3. The average Bonchev–Trinajstić information content (AvgIpc) is 3.40. The van der Waals surface area contributed by atoms with Gasteiger partial charge in [-0.2, -0.15) is 0 Å². The smallest absolute Gasteiger partial charge is 0.320 e. The number of halogens is 2. The second-order valence-corrected chi connectivity index (χ2v) is 9.85. The molecule has 0 radical (unpaired) electrons. The predicted octanol–water partition coefficient (Wildman–Crippen LogP) is 5.00. The minimum absolute atomic E-state index is 0.206. The monoisotopic (exact) mass is 505 g/mol. The normalized spacial score (nSPS) is 24.2. The number of fused-ring (bicyclic) bond motifs is 3. The van der Waals surface area contributed by atoms with Gasteiger partial charge in [-0.1, -0.05) is 77.3 Å². The van der Waals surface area contributed by atoms with E-state index in [1.54, 1.807) is 47.4 Å². The number of aryl methyl sites for hydroxylation is 1. The van der Waals surface area contributed by atoms with Gasteiger partial charge in [0.2, 0.25) is 0 Å². The number of anilines is 1. The largest absolute Gasteiger partial charge is 0.393 e. The van der Waals surface area contributed by atoms with Gasteiger partial charge in [-0.05, 0) is 30.7 Å². The maximum atomic E-state index is 14.2. The number of ether oxygens (including phenoxy) is 1. The van der Waals surface area contributed by atoms with Crippen molar-refractivity contribution in [1.29, 1.82) is 0 Å². The molecule has 1 aliphatic carbocycles. The first-order valence-electron chi connectivity index (χ1n) is 11.0. The Morgan fingerprint density at radius 3 is 2.03 bits per heavy atom. The van der Waals surface area contributed by atoms with Crippen LogP contribution in [0.3, 0.4) is 0 Å². The highest BCUT2D eigenvalue weighted by Crippen LogP contribution is 2.60. The molecule has 2 heterocycles. The van der Waals surface area contributed by atoms with Crippen LogP contribution in [0.4, 0.5) is 5.69 Å². The second-order valence-electron chi connectivity index (χ2n) is 9.04. The third-order valence-electron chi connectivity index (χ3n) is 7.24. The summed E-state index contributed by atoms with van der Waals surface area (Å²) >= 11 is 12.5. The average molecular weight is 506 g/mol. The molecule has 8 heteroatoms. The first-order chi connectivity index (χ1) is 16.8. The maximum Gasteiger partial charge on any atom is 0.320 e. The standard InChI is InChI=1S/C27H17Cl2NO5/c1-13-6-8-14(9-7-13)22-20-21(26(34)35-25(20)33)27(30(22)15-10-11-18(28)19(29)12-15)23(31)16-4-2-3-5-17(16)24(27)32/h2-12,20-22H,1H3/t20-,21+,22-/m1/s1.